The van der Waals surface area contributed by atoms with Crippen molar-refractivity contribution in [3.63, 3.8) is 0 Å². The zero-order valence-corrected chi connectivity index (χ0v) is 56.3. The van der Waals surface area contributed by atoms with Crippen molar-refractivity contribution in [2.75, 3.05) is 26.4 Å². The standard InChI is InChI=1S/C72H131NO18/c1-3-5-7-9-11-13-14-15-16-17-18-19-20-21-22-23-24-25-26-27-28-29-30-31-32-33-34-35-36-37-38-39-40-42-44-46-48-50-60(78)73-55(56(77)49-47-45-43-41-12-10-8-6-4-2)54-86-70-66(84)63(81)68(58(52-75)88-70)91-72-67(85)64(82)69(59(53-76)89-72)90-71-65(83)62(80)61(79)57(51-74)87-71/h4,6,12,17-18,41,47,49,55-59,61-72,74-77,79-85H,3,5,7-11,13-16,19-40,42-46,48,50-54H2,1-2H3,(H,73,78)/b6-4+,18-17-,41-12+,49-47+. The highest BCUT2D eigenvalue weighted by Crippen LogP contribution is 2.33. The van der Waals surface area contributed by atoms with Gasteiger partial charge < -0.3 is 89.9 Å². The lowest BCUT2D eigenvalue weighted by Crippen LogP contribution is -2.66. The molecule has 3 rings (SSSR count). The van der Waals surface area contributed by atoms with Crippen LogP contribution in [0.15, 0.2) is 48.6 Å². The lowest BCUT2D eigenvalue weighted by molar-refractivity contribution is -0.379. The minimum atomic E-state index is -1.98. The van der Waals surface area contributed by atoms with E-state index in [0.29, 0.717) is 12.8 Å². The summed E-state index contributed by atoms with van der Waals surface area (Å²) in [5.74, 6) is -0.290. The molecule has 19 nitrogen and oxygen atoms in total. The number of unbranched alkanes of at least 4 members (excludes halogenated alkanes) is 35. The molecule has 0 aromatic heterocycles. The van der Waals surface area contributed by atoms with E-state index in [-0.39, 0.29) is 18.9 Å². The van der Waals surface area contributed by atoms with E-state index in [1.54, 1.807) is 6.08 Å². The van der Waals surface area contributed by atoms with Gasteiger partial charge in [-0.1, -0.05) is 248 Å². The number of hydrogen-bond donors (Lipinski definition) is 12. The average Bonchev–Trinajstić information content (AvgIpc) is 0.878. The fourth-order valence-electron chi connectivity index (χ4n) is 12.3. The number of ether oxygens (including phenoxy) is 6. The lowest BCUT2D eigenvalue weighted by atomic mass is 9.96. The van der Waals surface area contributed by atoms with Crippen LogP contribution in [-0.2, 0) is 33.2 Å². The Kier molecular flexibility index (Phi) is 49.1. The molecule has 0 bridgehead atoms. The zero-order valence-electron chi connectivity index (χ0n) is 56.3. The minimum absolute atomic E-state index is 0.234. The number of aliphatic hydroxyl groups excluding tert-OH is 11. The highest BCUT2D eigenvalue weighted by Gasteiger charge is 2.53. The molecule has 3 aliphatic heterocycles. The first-order chi connectivity index (χ1) is 44.3. The Morgan fingerprint density at radius 3 is 1.16 bits per heavy atom. The summed E-state index contributed by atoms with van der Waals surface area (Å²) >= 11 is 0. The summed E-state index contributed by atoms with van der Waals surface area (Å²) in [6.07, 6.45) is 39.0. The summed E-state index contributed by atoms with van der Waals surface area (Å²) in [5.41, 5.74) is 0. The van der Waals surface area contributed by atoms with Crippen LogP contribution in [-0.4, -0.2) is 193 Å². The van der Waals surface area contributed by atoms with Gasteiger partial charge in [-0.25, -0.2) is 0 Å². The van der Waals surface area contributed by atoms with Crippen molar-refractivity contribution in [2.45, 2.75) is 375 Å². The van der Waals surface area contributed by atoms with Crippen LogP contribution in [0, 0.1) is 0 Å². The molecule has 17 atom stereocenters. The summed E-state index contributed by atoms with van der Waals surface area (Å²) in [7, 11) is 0. The van der Waals surface area contributed by atoms with Crippen molar-refractivity contribution in [2.24, 2.45) is 0 Å². The van der Waals surface area contributed by atoms with Crippen molar-refractivity contribution < 1.29 is 89.4 Å². The van der Waals surface area contributed by atoms with Crippen LogP contribution >= 0.6 is 0 Å². The number of rotatable bonds is 56. The molecule has 1 amide bonds. The maximum Gasteiger partial charge on any atom is 0.220 e. The SMILES string of the molecule is C/C=C/CC/C=C/CC/C=C/C(O)C(COC1OC(CO)C(OC2OC(CO)C(OC3OC(CO)C(O)C(O)C3O)C(O)C2O)C(O)C1O)NC(=O)CCCCCCCCCCCCCCCCCCCCCCCCCCC/C=C\CCCCCCCCCC. The molecule has 12 N–H and O–H groups in total. The number of aliphatic hydroxyl groups is 11. The van der Waals surface area contributed by atoms with Crippen LogP contribution in [0.5, 0.6) is 0 Å². The molecule has 0 aromatic rings. The zero-order chi connectivity index (χ0) is 66.1. The maximum absolute atomic E-state index is 13.3. The predicted molar refractivity (Wildman–Crippen MR) is 356 cm³/mol. The fourth-order valence-corrected chi connectivity index (χ4v) is 12.3. The lowest BCUT2D eigenvalue weighted by Gasteiger charge is -2.48. The van der Waals surface area contributed by atoms with Crippen LogP contribution in [0.2, 0.25) is 0 Å². The van der Waals surface area contributed by atoms with Crippen LogP contribution in [0.25, 0.3) is 0 Å². The Bertz CT molecular complexity index is 1840. The van der Waals surface area contributed by atoms with Crippen molar-refractivity contribution in [1.82, 2.24) is 5.32 Å². The Hall–Kier alpha value is -2.25. The van der Waals surface area contributed by atoms with Gasteiger partial charge in [0.2, 0.25) is 5.91 Å². The summed E-state index contributed by atoms with van der Waals surface area (Å²) < 4.78 is 34.2. The number of hydrogen-bond acceptors (Lipinski definition) is 18. The first kappa shape index (κ1) is 83.0. The molecule has 0 spiro atoms. The summed E-state index contributed by atoms with van der Waals surface area (Å²) in [6, 6.07) is -0.993. The van der Waals surface area contributed by atoms with Crippen molar-refractivity contribution in [3.8, 4) is 0 Å². The molecule has 3 fully saturated rings. The van der Waals surface area contributed by atoms with E-state index < -0.39 is 124 Å². The van der Waals surface area contributed by atoms with Crippen molar-refractivity contribution >= 4 is 5.91 Å². The van der Waals surface area contributed by atoms with Gasteiger partial charge in [-0.2, -0.15) is 0 Å². The Morgan fingerprint density at radius 2 is 0.747 bits per heavy atom. The monoisotopic (exact) mass is 1300 g/mol. The Balaban J connectivity index is 1.27. The number of carbonyl (C=O) groups is 1. The molecule has 17 unspecified atom stereocenters. The van der Waals surface area contributed by atoms with Crippen molar-refractivity contribution in [1.29, 1.82) is 0 Å². The second-order valence-electron chi connectivity index (χ2n) is 26.0. The summed E-state index contributed by atoms with van der Waals surface area (Å²) in [5, 5.41) is 120. The maximum atomic E-state index is 13.3. The molecule has 0 saturated carbocycles. The molecular weight excluding hydrogens is 1170 g/mol. The molecule has 3 aliphatic rings. The van der Waals surface area contributed by atoms with Crippen LogP contribution < -0.4 is 5.32 Å². The number of nitrogens with one attached hydrogen (secondary N) is 1. The smallest absolute Gasteiger partial charge is 0.220 e. The molecule has 19 heteroatoms. The van der Waals surface area contributed by atoms with Gasteiger partial charge in [0, 0.05) is 6.42 Å². The van der Waals surface area contributed by atoms with E-state index >= 15 is 0 Å². The molecule has 3 saturated heterocycles. The van der Waals surface area contributed by atoms with Crippen LogP contribution in [0.4, 0.5) is 0 Å². The molecule has 0 radical (unpaired) electrons. The largest absolute Gasteiger partial charge is 0.394 e. The Morgan fingerprint density at radius 1 is 0.407 bits per heavy atom. The summed E-state index contributed by atoms with van der Waals surface area (Å²) in [6.45, 7) is 1.47. The minimum Gasteiger partial charge on any atom is -0.394 e. The highest BCUT2D eigenvalue weighted by molar-refractivity contribution is 5.76. The van der Waals surface area contributed by atoms with E-state index in [1.165, 1.54) is 199 Å². The van der Waals surface area contributed by atoms with E-state index in [1.807, 2.05) is 19.1 Å². The van der Waals surface area contributed by atoms with Gasteiger partial charge in [0.25, 0.3) is 0 Å². The van der Waals surface area contributed by atoms with E-state index in [4.69, 9.17) is 28.4 Å². The molecule has 3 heterocycles. The number of amides is 1. The fraction of sp³-hybridized carbons (Fsp3) is 0.875. The third kappa shape index (κ3) is 35.5. The van der Waals surface area contributed by atoms with Gasteiger partial charge in [-0.3, -0.25) is 4.79 Å². The van der Waals surface area contributed by atoms with E-state index in [9.17, 15) is 61.0 Å². The third-order valence-electron chi connectivity index (χ3n) is 18.2. The quantitative estimate of drug-likeness (QED) is 0.0199. The normalized spacial score (nSPS) is 28.1. The molecule has 532 valence electrons. The Labute approximate surface area is 548 Å². The average molecular weight is 1300 g/mol. The van der Waals surface area contributed by atoms with Gasteiger partial charge >= 0.3 is 0 Å². The molecule has 0 aromatic carbocycles. The second-order valence-corrected chi connectivity index (χ2v) is 26.0. The number of carbonyl (C=O) groups excluding carboxylic acids is 1. The van der Waals surface area contributed by atoms with Gasteiger partial charge in [-0.05, 0) is 64.7 Å². The van der Waals surface area contributed by atoms with Gasteiger partial charge in [0.05, 0.1) is 38.6 Å². The van der Waals surface area contributed by atoms with Crippen LogP contribution in [0.1, 0.15) is 271 Å². The third-order valence-corrected chi connectivity index (χ3v) is 18.2. The van der Waals surface area contributed by atoms with E-state index in [2.05, 4.69) is 42.6 Å². The predicted octanol–water partition coefficient (Wildman–Crippen LogP) is 10.2. The first-order valence-corrected chi connectivity index (χ1v) is 36.4. The first-order valence-electron chi connectivity index (χ1n) is 36.4. The van der Waals surface area contributed by atoms with Crippen LogP contribution in [0.3, 0.4) is 0 Å². The van der Waals surface area contributed by atoms with Gasteiger partial charge in [0.1, 0.15) is 73.2 Å². The van der Waals surface area contributed by atoms with Gasteiger partial charge in [0.15, 0.2) is 18.9 Å². The topological polar surface area (TPSA) is 307 Å². The molecule has 91 heavy (non-hydrogen) atoms. The van der Waals surface area contributed by atoms with E-state index in [0.717, 1.165) is 38.5 Å². The highest BCUT2D eigenvalue weighted by atomic mass is 16.8. The van der Waals surface area contributed by atoms with Crippen molar-refractivity contribution in [3.05, 3.63) is 48.6 Å². The number of allylic oxidation sites excluding steroid dienone is 7. The van der Waals surface area contributed by atoms with Gasteiger partial charge in [-0.15, -0.1) is 0 Å². The molecular formula is C72H131NO18. The second kappa shape index (κ2) is 53.8. The summed E-state index contributed by atoms with van der Waals surface area (Å²) in [4.78, 5) is 13.3. The molecule has 0 aliphatic carbocycles.